The van der Waals surface area contributed by atoms with E-state index in [0.29, 0.717) is 6.54 Å². The van der Waals surface area contributed by atoms with Crippen LogP contribution >= 0.6 is 15.9 Å². The monoisotopic (exact) mass is 321 g/mol. The molecule has 0 radical (unpaired) electrons. The van der Waals surface area contributed by atoms with Crippen LogP contribution in [-0.2, 0) is 13.1 Å². The molecule has 1 nitrogen and oxygen atoms in total. The molecule has 0 aliphatic carbocycles. The Morgan fingerprint density at radius 2 is 1.68 bits per heavy atom. The van der Waals surface area contributed by atoms with Crippen LogP contribution in [0.1, 0.15) is 22.3 Å². The van der Waals surface area contributed by atoms with E-state index in [1.165, 1.54) is 22.8 Å². The highest BCUT2D eigenvalue weighted by Gasteiger charge is 2.02. The Balaban J connectivity index is 1.98. The summed E-state index contributed by atoms with van der Waals surface area (Å²) in [5.41, 5.74) is 4.72. The minimum absolute atomic E-state index is 0.202. The number of aryl methyl sites for hydroxylation is 2. The molecule has 2 rings (SSSR count). The molecule has 2 aromatic carbocycles. The maximum absolute atomic E-state index is 13.2. The van der Waals surface area contributed by atoms with Crippen molar-refractivity contribution in [3.8, 4) is 0 Å². The van der Waals surface area contributed by atoms with Crippen molar-refractivity contribution in [1.29, 1.82) is 0 Å². The SMILES string of the molecule is Cc1cc(C)cc(CNCc2cc(F)ccc2Br)c1. The Morgan fingerprint density at radius 3 is 2.37 bits per heavy atom. The number of hydrogen-bond acceptors (Lipinski definition) is 1. The van der Waals surface area contributed by atoms with Gasteiger partial charge >= 0.3 is 0 Å². The summed E-state index contributed by atoms with van der Waals surface area (Å²) in [4.78, 5) is 0. The fourth-order valence-corrected chi connectivity index (χ4v) is 2.58. The molecule has 0 aromatic heterocycles. The fraction of sp³-hybridized carbons (Fsp3) is 0.250. The van der Waals surface area contributed by atoms with Crippen LogP contribution in [0, 0.1) is 19.7 Å². The third kappa shape index (κ3) is 4.15. The number of nitrogens with one attached hydrogen (secondary N) is 1. The van der Waals surface area contributed by atoms with Crippen LogP contribution in [0.15, 0.2) is 40.9 Å². The zero-order valence-corrected chi connectivity index (χ0v) is 12.7. The predicted molar refractivity (Wildman–Crippen MR) is 80.6 cm³/mol. The number of rotatable bonds is 4. The summed E-state index contributed by atoms with van der Waals surface area (Å²) in [6, 6.07) is 11.2. The molecule has 0 fully saturated rings. The van der Waals surface area contributed by atoms with Crippen LogP contribution in [0.2, 0.25) is 0 Å². The summed E-state index contributed by atoms with van der Waals surface area (Å²) in [6.07, 6.45) is 0. The van der Waals surface area contributed by atoms with Crippen molar-refractivity contribution in [3.05, 3.63) is 68.9 Å². The summed E-state index contributed by atoms with van der Waals surface area (Å²) in [7, 11) is 0. The standard InChI is InChI=1S/C16H17BrFN/c1-11-5-12(2)7-13(6-11)9-19-10-14-8-15(18)3-4-16(14)17/h3-8,19H,9-10H2,1-2H3. The van der Waals surface area contributed by atoms with E-state index in [9.17, 15) is 4.39 Å². The lowest BCUT2D eigenvalue weighted by Gasteiger charge is -2.09. The summed E-state index contributed by atoms with van der Waals surface area (Å²) < 4.78 is 14.1. The molecule has 2 aromatic rings. The molecule has 0 aliphatic rings. The Bertz CT molecular complexity index is 561. The lowest BCUT2D eigenvalue weighted by molar-refractivity contribution is 0.619. The first-order valence-electron chi connectivity index (χ1n) is 6.26. The van der Waals surface area contributed by atoms with Gasteiger partial charge in [-0.2, -0.15) is 0 Å². The first kappa shape index (κ1) is 14.2. The van der Waals surface area contributed by atoms with Crippen LogP contribution in [0.3, 0.4) is 0 Å². The van der Waals surface area contributed by atoms with Gasteiger partial charge in [0.25, 0.3) is 0 Å². The zero-order valence-electron chi connectivity index (χ0n) is 11.1. The minimum Gasteiger partial charge on any atom is -0.309 e. The molecule has 0 bridgehead atoms. The molecular formula is C16H17BrFN. The van der Waals surface area contributed by atoms with Crippen LogP contribution in [-0.4, -0.2) is 0 Å². The average molecular weight is 322 g/mol. The van der Waals surface area contributed by atoms with Gasteiger partial charge in [0, 0.05) is 17.6 Å². The Hall–Kier alpha value is -1.19. The maximum atomic E-state index is 13.2. The molecule has 100 valence electrons. The van der Waals surface area contributed by atoms with Gasteiger partial charge in [0.05, 0.1) is 0 Å². The van der Waals surface area contributed by atoms with Gasteiger partial charge in [-0.15, -0.1) is 0 Å². The van der Waals surface area contributed by atoms with Crippen molar-refractivity contribution >= 4 is 15.9 Å². The first-order chi connectivity index (χ1) is 9.04. The van der Waals surface area contributed by atoms with E-state index in [1.807, 2.05) is 0 Å². The van der Waals surface area contributed by atoms with Crippen LogP contribution in [0.25, 0.3) is 0 Å². The maximum Gasteiger partial charge on any atom is 0.123 e. The average Bonchev–Trinajstić information content (AvgIpc) is 2.32. The normalized spacial score (nSPS) is 10.7. The number of benzene rings is 2. The summed E-state index contributed by atoms with van der Waals surface area (Å²) in [6.45, 7) is 5.62. The van der Waals surface area contributed by atoms with E-state index in [2.05, 4.69) is 53.3 Å². The fourth-order valence-electron chi connectivity index (χ4n) is 2.19. The molecule has 0 amide bonds. The smallest absolute Gasteiger partial charge is 0.123 e. The quantitative estimate of drug-likeness (QED) is 0.874. The van der Waals surface area contributed by atoms with E-state index < -0.39 is 0 Å². The van der Waals surface area contributed by atoms with Gasteiger partial charge in [-0.1, -0.05) is 45.3 Å². The summed E-state index contributed by atoms with van der Waals surface area (Å²) in [5, 5.41) is 3.34. The lowest BCUT2D eigenvalue weighted by Crippen LogP contribution is -2.13. The zero-order chi connectivity index (χ0) is 13.8. The molecule has 0 aliphatic heterocycles. The van der Waals surface area contributed by atoms with E-state index in [4.69, 9.17) is 0 Å². The lowest BCUT2D eigenvalue weighted by atomic mass is 10.1. The first-order valence-corrected chi connectivity index (χ1v) is 7.06. The van der Waals surface area contributed by atoms with Crippen molar-refractivity contribution in [1.82, 2.24) is 5.32 Å². The van der Waals surface area contributed by atoms with E-state index in [-0.39, 0.29) is 5.82 Å². The molecular weight excluding hydrogens is 305 g/mol. The van der Waals surface area contributed by atoms with E-state index in [1.54, 1.807) is 12.1 Å². The van der Waals surface area contributed by atoms with Crippen molar-refractivity contribution in [3.63, 3.8) is 0 Å². The Morgan fingerprint density at radius 1 is 1.00 bits per heavy atom. The van der Waals surface area contributed by atoms with Gasteiger partial charge in [0.15, 0.2) is 0 Å². The van der Waals surface area contributed by atoms with Crippen molar-refractivity contribution in [2.24, 2.45) is 0 Å². The molecule has 0 spiro atoms. The highest BCUT2D eigenvalue weighted by atomic mass is 79.9. The van der Waals surface area contributed by atoms with Crippen LogP contribution in [0.5, 0.6) is 0 Å². The molecule has 0 heterocycles. The molecule has 0 atom stereocenters. The molecule has 0 unspecified atom stereocenters. The Kier molecular flexibility index (Phi) is 4.72. The second-order valence-electron chi connectivity index (χ2n) is 4.84. The second kappa shape index (κ2) is 6.31. The Labute approximate surface area is 122 Å². The van der Waals surface area contributed by atoms with E-state index >= 15 is 0 Å². The summed E-state index contributed by atoms with van der Waals surface area (Å²) >= 11 is 3.43. The largest absolute Gasteiger partial charge is 0.309 e. The van der Waals surface area contributed by atoms with E-state index in [0.717, 1.165) is 16.6 Å². The minimum atomic E-state index is -0.202. The van der Waals surface area contributed by atoms with Gasteiger partial charge in [0.2, 0.25) is 0 Å². The van der Waals surface area contributed by atoms with Crippen LogP contribution < -0.4 is 5.32 Å². The van der Waals surface area contributed by atoms with Crippen molar-refractivity contribution in [2.75, 3.05) is 0 Å². The highest BCUT2D eigenvalue weighted by Crippen LogP contribution is 2.17. The van der Waals surface area contributed by atoms with Gasteiger partial charge < -0.3 is 5.32 Å². The summed E-state index contributed by atoms with van der Waals surface area (Å²) in [5.74, 6) is -0.202. The third-order valence-corrected chi connectivity index (χ3v) is 3.71. The molecule has 0 saturated carbocycles. The number of hydrogen-bond donors (Lipinski definition) is 1. The molecule has 0 saturated heterocycles. The van der Waals surface area contributed by atoms with Gasteiger partial charge in [0.1, 0.15) is 5.82 Å². The molecule has 1 N–H and O–H groups in total. The van der Waals surface area contributed by atoms with Crippen molar-refractivity contribution < 1.29 is 4.39 Å². The highest BCUT2D eigenvalue weighted by molar-refractivity contribution is 9.10. The topological polar surface area (TPSA) is 12.0 Å². The predicted octanol–water partition coefficient (Wildman–Crippen LogP) is 4.49. The third-order valence-electron chi connectivity index (χ3n) is 2.93. The molecule has 3 heteroatoms. The molecule has 19 heavy (non-hydrogen) atoms. The van der Waals surface area contributed by atoms with Gasteiger partial charge in [-0.05, 0) is 43.2 Å². The van der Waals surface area contributed by atoms with Gasteiger partial charge in [-0.3, -0.25) is 0 Å². The van der Waals surface area contributed by atoms with Crippen molar-refractivity contribution in [2.45, 2.75) is 26.9 Å². The van der Waals surface area contributed by atoms with Crippen LogP contribution in [0.4, 0.5) is 4.39 Å². The number of halogens is 2. The second-order valence-corrected chi connectivity index (χ2v) is 5.69. The van der Waals surface area contributed by atoms with Gasteiger partial charge in [-0.25, -0.2) is 4.39 Å².